The Morgan fingerprint density at radius 2 is 1.94 bits per heavy atom. The van der Waals surface area contributed by atoms with Crippen molar-refractivity contribution in [3.8, 4) is 0 Å². The first-order chi connectivity index (χ1) is 8.01. The molecule has 0 aliphatic rings. The lowest BCUT2D eigenvalue weighted by atomic mass is 10.1. The quantitative estimate of drug-likeness (QED) is 0.611. The second-order valence-electron chi connectivity index (χ2n) is 3.52. The van der Waals surface area contributed by atoms with Crippen molar-refractivity contribution in [3.05, 3.63) is 0 Å². The van der Waals surface area contributed by atoms with Gasteiger partial charge in [0.05, 0.1) is 7.11 Å². The summed E-state index contributed by atoms with van der Waals surface area (Å²) in [5.41, 5.74) is 0. The Balaban J connectivity index is 4.22. The van der Waals surface area contributed by atoms with Gasteiger partial charge in [-0.15, -0.1) is 0 Å². The molecule has 1 N–H and O–H groups in total. The number of nitrogens with one attached hydrogen (secondary N) is 1. The smallest absolute Gasteiger partial charge is 0.328 e. The Morgan fingerprint density at radius 3 is 2.41 bits per heavy atom. The van der Waals surface area contributed by atoms with Gasteiger partial charge in [0.2, 0.25) is 5.91 Å². The van der Waals surface area contributed by atoms with Crippen molar-refractivity contribution >= 4 is 17.7 Å². The third-order valence-corrected chi connectivity index (χ3v) is 2.04. The maximum atomic E-state index is 11.3. The fourth-order valence-corrected chi connectivity index (χ4v) is 1.17. The fraction of sp³-hybridized carbons (Fsp3) is 0.727. The summed E-state index contributed by atoms with van der Waals surface area (Å²) in [4.78, 5) is 33.5. The molecule has 6 nitrogen and oxygen atoms in total. The van der Waals surface area contributed by atoms with E-state index < -0.39 is 17.9 Å². The molecule has 1 atom stereocenters. The van der Waals surface area contributed by atoms with E-state index in [1.165, 1.54) is 14.0 Å². The highest BCUT2D eigenvalue weighted by Crippen LogP contribution is 2.00. The van der Waals surface area contributed by atoms with Crippen LogP contribution >= 0.6 is 0 Å². The van der Waals surface area contributed by atoms with Crippen LogP contribution < -0.4 is 5.32 Å². The minimum absolute atomic E-state index is 0.0436. The molecule has 98 valence electrons. The number of rotatable bonds is 8. The summed E-state index contributed by atoms with van der Waals surface area (Å²) in [6.45, 7) is 3.50. The molecule has 0 saturated heterocycles. The SMILES string of the molecule is CCOCC(=O)N[C@H](CCC(C)=O)C(=O)OC. The van der Waals surface area contributed by atoms with Crippen LogP contribution in [0.5, 0.6) is 0 Å². The van der Waals surface area contributed by atoms with Crippen LogP contribution in [0.3, 0.4) is 0 Å². The summed E-state index contributed by atoms with van der Waals surface area (Å²) in [6.07, 6.45) is 0.453. The number of carbonyl (C=O) groups excluding carboxylic acids is 3. The molecule has 0 aromatic heterocycles. The van der Waals surface area contributed by atoms with E-state index >= 15 is 0 Å². The summed E-state index contributed by atoms with van der Waals surface area (Å²) in [5, 5.41) is 2.47. The molecule has 6 heteroatoms. The molecule has 0 aliphatic heterocycles. The average molecular weight is 245 g/mol. The van der Waals surface area contributed by atoms with Gasteiger partial charge < -0.3 is 19.6 Å². The molecular weight excluding hydrogens is 226 g/mol. The van der Waals surface area contributed by atoms with Gasteiger partial charge in [-0.05, 0) is 20.3 Å². The Morgan fingerprint density at radius 1 is 1.29 bits per heavy atom. The number of esters is 1. The maximum Gasteiger partial charge on any atom is 0.328 e. The van der Waals surface area contributed by atoms with Gasteiger partial charge in [-0.25, -0.2) is 4.79 Å². The lowest BCUT2D eigenvalue weighted by Crippen LogP contribution is -2.43. The van der Waals surface area contributed by atoms with Crippen LogP contribution in [0.4, 0.5) is 0 Å². The topological polar surface area (TPSA) is 81.7 Å². The zero-order chi connectivity index (χ0) is 13.3. The molecule has 0 unspecified atom stereocenters. The van der Waals surface area contributed by atoms with Crippen LogP contribution in [-0.2, 0) is 23.9 Å². The highest BCUT2D eigenvalue weighted by Gasteiger charge is 2.21. The lowest BCUT2D eigenvalue weighted by molar-refractivity contribution is -0.146. The predicted molar refractivity (Wildman–Crippen MR) is 60.4 cm³/mol. The van der Waals surface area contributed by atoms with Crippen LogP contribution in [-0.4, -0.2) is 44.0 Å². The molecule has 0 heterocycles. The van der Waals surface area contributed by atoms with E-state index in [9.17, 15) is 14.4 Å². The van der Waals surface area contributed by atoms with Gasteiger partial charge in [0.15, 0.2) is 0 Å². The first-order valence-electron chi connectivity index (χ1n) is 5.45. The zero-order valence-electron chi connectivity index (χ0n) is 10.4. The van der Waals surface area contributed by atoms with Crippen molar-refractivity contribution in [3.63, 3.8) is 0 Å². The Labute approximate surface area is 101 Å². The summed E-state index contributed by atoms with van der Waals surface area (Å²) in [5.74, 6) is -1.00. The first-order valence-corrected chi connectivity index (χ1v) is 5.45. The molecule has 0 bridgehead atoms. The van der Waals surface area contributed by atoms with Gasteiger partial charge in [0.1, 0.15) is 18.4 Å². The average Bonchev–Trinajstić information content (AvgIpc) is 2.30. The number of ketones is 1. The minimum Gasteiger partial charge on any atom is -0.467 e. The van der Waals surface area contributed by atoms with E-state index in [2.05, 4.69) is 10.1 Å². The van der Waals surface area contributed by atoms with Gasteiger partial charge in [-0.1, -0.05) is 0 Å². The Kier molecular flexibility index (Phi) is 7.96. The zero-order valence-corrected chi connectivity index (χ0v) is 10.4. The standard InChI is InChI=1S/C11H19NO5/c1-4-17-7-10(14)12-9(11(15)16-3)6-5-8(2)13/h9H,4-7H2,1-3H3,(H,12,14)/t9-/m1/s1. The number of methoxy groups -OCH3 is 1. The molecule has 1 amide bonds. The Hall–Kier alpha value is -1.43. The van der Waals surface area contributed by atoms with E-state index in [1.54, 1.807) is 6.92 Å². The van der Waals surface area contributed by atoms with Crippen molar-refractivity contribution in [1.82, 2.24) is 5.32 Å². The van der Waals surface area contributed by atoms with Gasteiger partial charge in [-0.3, -0.25) is 4.79 Å². The number of Topliss-reactive ketones (excluding diaryl/α,β-unsaturated/α-hetero) is 1. The molecular formula is C11H19NO5. The predicted octanol–water partition coefficient (Wildman–Crippen LogP) is 0.0499. The van der Waals surface area contributed by atoms with Gasteiger partial charge in [-0.2, -0.15) is 0 Å². The fourth-order valence-electron chi connectivity index (χ4n) is 1.17. The first kappa shape index (κ1) is 15.6. The highest BCUT2D eigenvalue weighted by molar-refractivity contribution is 5.85. The van der Waals surface area contributed by atoms with E-state index in [0.29, 0.717) is 6.61 Å². The molecule has 17 heavy (non-hydrogen) atoms. The number of ether oxygens (including phenoxy) is 2. The van der Waals surface area contributed by atoms with Crippen LogP contribution in [0, 0.1) is 0 Å². The third kappa shape index (κ3) is 7.46. The lowest BCUT2D eigenvalue weighted by Gasteiger charge is -2.15. The number of hydrogen-bond donors (Lipinski definition) is 1. The van der Waals surface area contributed by atoms with E-state index in [1.807, 2.05) is 0 Å². The second-order valence-corrected chi connectivity index (χ2v) is 3.52. The largest absolute Gasteiger partial charge is 0.467 e. The monoisotopic (exact) mass is 245 g/mol. The summed E-state index contributed by atoms with van der Waals surface area (Å²) >= 11 is 0. The van der Waals surface area contributed by atoms with Crippen LogP contribution in [0.25, 0.3) is 0 Å². The van der Waals surface area contributed by atoms with Gasteiger partial charge in [0, 0.05) is 13.0 Å². The summed E-state index contributed by atoms with van der Waals surface area (Å²) < 4.78 is 9.45. The molecule has 0 saturated carbocycles. The summed E-state index contributed by atoms with van der Waals surface area (Å²) in [7, 11) is 1.23. The number of carbonyl (C=O) groups is 3. The van der Waals surface area contributed by atoms with Crippen molar-refractivity contribution in [2.24, 2.45) is 0 Å². The molecule has 0 radical (unpaired) electrons. The van der Waals surface area contributed by atoms with Crippen LogP contribution in [0.1, 0.15) is 26.7 Å². The van der Waals surface area contributed by atoms with Gasteiger partial charge in [0.25, 0.3) is 0 Å². The van der Waals surface area contributed by atoms with Crippen molar-refractivity contribution < 1.29 is 23.9 Å². The van der Waals surface area contributed by atoms with Crippen LogP contribution in [0.2, 0.25) is 0 Å². The van der Waals surface area contributed by atoms with Gasteiger partial charge >= 0.3 is 5.97 Å². The Bertz CT molecular complexity index is 277. The van der Waals surface area contributed by atoms with E-state index in [-0.39, 0.29) is 25.2 Å². The molecule has 0 rings (SSSR count). The number of amides is 1. The van der Waals surface area contributed by atoms with Crippen molar-refractivity contribution in [1.29, 1.82) is 0 Å². The molecule has 0 spiro atoms. The summed E-state index contributed by atoms with van der Waals surface area (Å²) in [6, 6.07) is -0.795. The minimum atomic E-state index is -0.795. The third-order valence-electron chi connectivity index (χ3n) is 2.04. The number of hydrogen-bond acceptors (Lipinski definition) is 5. The van der Waals surface area contributed by atoms with Crippen LogP contribution in [0.15, 0.2) is 0 Å². The van der Waals surface area contributed by atoms with Crippen molar-refractivity contribution in [2.75, 3.05) is 20.3 Å². The highest BCUT2D eigenvalue weighted by atomic mass is 16.5. The van der Waals surface area contributed by atoms with E-state index in [4.69, 9.17) is 4.74 Å². The maximum absolute atomic E-state index is 11.3. The second kappa shape index (κ2) is 8.69. The van der Waals surface area contributed by atoms with E-state index in [0.717, 1.165) is 0 Å². The van der Waals surface area contributed by atoms with Crippen molar-refractivity contribution in [2.45, 2.75) is 32.7 Å². The molecule has 0 aliphatic carbocycles. The molecule has 0 aromatic carbocycles. The molecule has 0 aromatic rings. The molecule has 0 fully saturated rings. The normalized spacial score (nSPS) is 11.7.